The summed E-state index contributed by atoms with van der Waals surface area (Å²) in [6.07, 6.45) is 1.97. The van der Waals surface area contributed by atoms with E-state index < -0.39 is 11.9 Å². The molecular formula is C8H13N3O3. The van der Waals surface area contributed by atoms with Gasteiger partial charge in [-0.1, -0.05) is 13.3 Å². The highest BCUT2D eigenvalue weighted by molar-refractivity contribution is 6.03. The molecule has 0 unspecified atom stereocenters. The number of hydrogen-bond acceptors (Lipinski definition) is 3. The van der Waals surface area contributed by atoms with Crippen LogP contribution in [0.5, 0.6) is 0 Å². The van der Waals surface area contributed by atoms with Crippen molar-refractivity contribution in [2.75, 3.05) is 6.54 Å². The van der Waals surface area contributed by atoms with Gasteiger partial charge in [0.15, 0.2) is 0 Å². The van der Waals surface area contributed by atoms with Gasteiger partial charge in [0.1, 0.15) is 6.54 Å². The summed E-state index contributed by atoms with van der Waals surface area (Å²) in [4.78, 5) is 33.2. The SMILES string of the molecule is CCCCC(=O)NN1C(=O)CNC1=O. The van der Waals surface area contributed by atoms with Crippen molar-refractivity contribution in [1.82, 2.24) is 15.8 Å². The molecule has 1 fully saturated rings. The number of amides is 4. The topological polar surface area (TPSA) is 78.5 Å². The van der Waals surface area contributed by atoms with Crippen molar-refractivity contribution >= 4 is 17.8 Å². The monoisotopic (exact) mass is 199 g/mol. The predicted molar refractivity (Wildman–Crippen MR) is 47.9 cm³/mol. The summed E-state index contributed by atoms with van der Waals surface area (Å²) in [6.45, 7) is 1.91. The van der Waals surface area contributed by atoms with Crippen molar-refractivity contribution in [3.63, 3.8) is 0 Å². The molecule has 2 N–H and O–H groups in total. The predicted octanol–water partition coefficient (Wildman–Crippen LogP) is -0.240. The third-order valence-corrected chi connectivity index (χ3v) is 1.84. The molecule has 1 rings (SSSR count). The molecule has 1 heterocycles. The lowest BCUT2D eigenvalue weighted by Gasteiger charge is -2.12. The van der Waals surface area contributed by atoms with Crippen LogP contribution in [-0.4, -0.2) is 29.4 Å². The lowest BCUT2D eigenvalue weighted by molar-refractivity contribution is -0.135. The minimum absolute atomic E-state index is 0.0487. The highest BCUT2D eigenvalue weighted by Crippen LogP contribution is 1.97. The quantitative estimate of drug-likeness (QED) is 0.613. The molecule has 0 spiro atoms. The Balaban J connectivity index is 2.39. The van der Waals surface area contributed by atoms with E-state index in [0.29, 0.717) is 6.42 Å². The minimum Gasteiger partial charge on any atom is -0.327 e. The number of carbonyl (C=O) groups excluding carboxylic acids is 3. The van der Waals surface area contributed by atoms with Crippen molar-refractivity contribution in [2.45, 2.75) is 26.2 Å². The van der Waals surface area contributed by atoms with Crippen molar-refractivity contribution < 1.29 is 14.4 Å². The van der Waals surface area contributed by atoms with Crippen molar-refractivity contribution in [1.29, 1.82) is 0 Å². The first-order valence-electron chi connectivity index (χ1n) is 4.55. The van der Waals surface area contributed by atoms with Crippen LogP contribution in [0.15, 0.2) is 0 Å². The highest BCUT2D eigenvalue weighted by atomic mass is 16.2. The number of rotatable bonds is 4. The second kappa shape index (κ2) is 4.59. The van der Waals surface area contributed by atoms with Crippen LogP contribution in [0.1, 0.15) is 26.2 Å². The third kappa shape index (κ3) is 2.45. The van der Waals surface area contributed by atoms with Gasteiger partial charge in [-0.25, -0.2) is 4.79 Å². The first kappa shape index (κ1) is 10.5. The average Bonchev–Trinajstić information content (AvgIpc) is 2.46. The third-order valence-electron chi connectivity index (χ3n) is 1.84. The Morgan fingerprint density at radius 2 is 2.29 bits per heavy atom. The van der Waals surface area contributed by atoms with Crippen LogP contribution in [0.2, 0.25) is 0 Å². The number of hydrazine groups is 1. The van der Waals surface area contributed by atoms with Gasteiger partial charge in [-0.2, -0.15) is 5.01 Å². The summed E-state index contributed by atoms with van der Waals surface area (Å²) >= 11 is 0. The van der Waals surface area contributed by atoms with E-state index in [9.17, 15) is 14.4 Å². The zero-order valence-electron chi connectivity index (χ0n) is 8.00. The Morgan fingerprint density at radius 1 is 1.57 bits per heavy atom. The van der Waals surface area contributed by atoms with Gasteiger partial charge in [-0.3, -0.25) is 15.0 Å². The molecule has 0 aromatic carbocycles. The standard InChI is InChI=1S/C8H13N3O3/c1-2-3-4-6(12)10-11-7(13)5-9-8(11)14/h2-5H2,1H3,(H,9,14)(H,10,12). The zero-order chi connectivity index (χ0) is 10.6. The second-order valence-electron chi connectivity index (χ2n) is 3.03. The summed E-state index contributed by atoms with van der Waals surface area (Å²) in [5, 5.41) is 3.02. The molecule has 0 aromatic rings. The van der Waals surface area contributed by atoms with Crippen LogP contribution in [-0.2, 0) is 9.59 Å². The van der Waals surface area contributed by atoms with Gasteiger partial charge < -0.3 is 5.32 Å². The first-order chi connectivity index (χ1) is 6.65. The van der Waals surface area contributed by atoms with E-state index >= 15 is 0 Å². The molecule has 4 amide bonds. The smallest absolute Gasteiger partial charge is 0.327 e. The van der Waals surface area contributed by atoms with E-state index in [0.717, 1.165) is 17.9 Å². The molecule has 6 heteroatoms. The number of unbranched alkanes of at least 4 members (excludes halogenated alkanes) is 1. The van der Waals surface area contributed by atoms with Gasteiger partial charge in [0.25, 0.3) is 5.91 Å². The molecule has 14 heavy (non-hydrogen) atoms. The van der Waals surface area contributed by atoms with Gasteiger partial charge in [0, 0.05) is 6.42 Å². The van der Waals surface area contributed by atoms with Crippen LogP contribution < -0.4 is 10.7 Å². The molecule has 0 atom stereocenters. The van der Waals surface area contributed by atoms with Crippen molar-refractivity contribution in [2.24, 2.45) is 0 Å². The van der Waals surface area contributed by atoms with Crippen molar-refractivity contribution in [3.05, 3.63) is 0 Å². The number of imide groups is 1. The summed E-state index contributed by atoms with van der Waals surface area (Å²) in [5.41, 5.74) is 2.25. The van der Waals surface area contributed by atoms with Crippen LogP contribution in [0, 0.1) is 0 Å². The van der Waals surface area contributed by atoms with Crippen LogP contribution >= 0.6 is 0 Å². The Labute approximate surface area is 81.6 Å². The molecule has 78 valence electrons. The molecule has 0 aromatic heterocycles. The maximum Gasteiger partial charge on any atom is 0.343 e. The highest BCUT2D eigenvalue weighted by Gasteiger charge is 2.29. The van der Waals surface area contributed by atoms with Gasteiger partial charge in [-0.15, -0.1) is 0 Å². The molecule has 0 bridgehead atoms. The fourth-order valence-corrected chi connectivity index (χ4v) is 1.05. The lowest BCUT2D eigenvalue weighted by Crippen LogP contribution is -2.46. The Hall–Kier alpha value is -1.59. The van der Waals surface area contributed by atoms with E-state index in [4.69, 9.17) is 0 Å². The van der Waals surface area contributed by atoms with Crippen molar-refractivity contribution in [3.8, 4) is 0 Å². The number of hydrogen-bond donors (Lipinski definition) is 2. The lowest BCUT2D eigenvalue weighted by atomic mass is 10.2. The fourth-order valence-electron chi connectivity index (χ4n) is 1.05. The van der Waals surface area contributed by atoms with Gasteiger partial charge >= 0.3 is 6.03 Å². The average molecular weight is 199 g/mol. The van der Waals surface area contributed by atoms with E-state index in [2.05, 4.69) is 10.7 Å². The molecule has 1 aliphatic rings. The van der Waals surface area contributed by atoms with Crippen LogP contribution in [0.25, 0.3) is 0 Å². The Kier molecular flexibility index (Phi) is 3.44. The van der Waals surface area contributed by atoms with Gasteiger partial charge in [-0.05, 0) is 6.42 Å². The van der Waals surface area contributed by atoms with E-state index in [1.165, 1.54) is 0 Å². The summed E-state index contributed by atoms with van der Waals surface area (Å²) in [5.74, 6) is -0.739. The molecule has 1 saturated heterocycles. The molecule has 0 aliphatic carbocycles. The summed E-state index contributed by atoms with van der Waals surface area (Å²) in [7, 11) is 0. The number of nitrogens with zero attached hydrogens (tertiary/aromatic N) is 1. The van der Waals surface area contributed by atoms with Crippen LogP contribution in [0.3, 0.4) is 0 Å². The molecule has 1 aliphatic heterocycles. The van der Waals surface area contributed by atoms with E-state index in [1.807, 2.05) is 6.92 Å². The maximum atomic E-state index is 11.2. The zero-order valence-corrected chi connectivity index (χ0v) is 8.00. The maximum absolute atomic E-state index is 11.2. The molecule has 6 nitrogen and oxygen atoms in total. The van der Waals surface area contributed by atoms with Crippen LogP contribution in [0.4, 0.5) is 4.79 Å². The van der Waals surface area contributed by atoms with Gasteiger partial charge in [0.2, 0.25) is 5.91 Å². The summed E-state index contributed by atoms with van der Waals surface area (Å²) < 4.78 is 0. The van der Waals surface area contributed by atoms with E-state index in [-0.39, 0.29) is 12.5 Å². The fraction of sp³-hybridized carbons (Fsp3) is 0.625. The van der Waals surface area contributed by atoms with E-state index in [1.54, 1.807) is 0 Å². The Bertz CT molecular complexity index is 249. The molecular weight excluding hydrogens is 186 g/mol. The summed E-state index contributed by atoms with van der Waals surface area (Å²) in [6, 6.07) is -0.570. The second-order valence-corrected chi connectivity index (χ2v) is 3.03. The minimum atomic E-state index is -0.570. The number of urea groups is 1. The largest absolute Gasteiger partial charge is 0.343 e. The Morgan fingerprint density at radius 3 is 2.79 bits per heavy atom. The number of carbonyl (C=O) groups is 3. The van der Waals surface area contributed by atoms with Gasteiger partial charge in [0.05, 0.1) is 0 Å². The number of nitrogens with one attached hydrogen (secondary N) is 2. The molecule has 0 saturated carbocycles. The first-order valence-corrected chi connectivity index (χ1v) is 4.55. The normalized spacial score (nSPS) is 15.6. The molecule has 0 radical (unpaired) electrons.